The lowest BCUT2D eigenvalue weighted by Gasteiger charge is -2.17. The normalized spacial score (nSPS) is 28.1. The number of hydrogen-bond acceptors (Lipinski definition) is 3. The van der Waals surface area contributed by atoms with Crippen LogP contribution >= 0.6 is 11.8 Å². The van der Waals surface area contributed by atoms with Gasteiger partial charge in [0.1, 0.15) is 5.76 Å². The Bertz CT molecular complexity index is 286. The molecule has 3 heteroatoms. The molecule has 0 spiro atoms. The highest BCUT2D eigenvalue weighted by Gasteiger charge is 2.22. The molecule has 84 valence electrons. The number of rotatable bonds is 4. The Hall–Kier alpha value is -0.410. The van der Waals surface area contributed by atoms with E-state index in [1.54, 1.807) is 6.26 Å². The minimum Gasteiger partial charge on any atom is -0.469 e. The molecule has 1 aromatic rings. The zero-order valence-corrected chi connectivity index (χ0v) is 10.2. The molecule has 15 heavy (non-hydrogen) atoms. The molecule has 0 aliphatic carbocycles. The van der Waals surface area contributed by atoms with Crippen LogP contribution in [0.2, 0.25) is 0 Å². The van der Waals surface area contributed by atoms with Gasteiger partial charge in [0.15, 0.2) is 0 Å². The third-order valence-corrected chi connectivity index (χ3v) is 4.16. The lowest BCUT2D eigenvalue weighted by atomic mass is 10.1. The zero-order chi connectivity index (χ0) is 10.7. The second kappa shape index (κ2) is 5.08. The summed E-state index contributed by atoms with van der Waals surface area (Å²) in [7, 11) is 0. The average molecular weight is 225 g/mol. The summed E-state index contributed by atoms with van der Waals surface area (Å²) in [6.07, 6.45) is 4.03. The lowest BCUT2D eigenvalue weighted by molar-refractivity contribution is 0.421. The molecule has 0 radical (unpaired) electrons. The Morgan fingerprint density at radius 1 is 1.67 bits per heavy atom. The summed E-state index contributed by atoms with van der Waals surface area (Å²) in [6, 6.07) is 5.20. The maximum atomic E-state index is 5.34. The molecule has 0 saturated carbocycles. The van der Waals surface area contributed by atoms with Crippen LogP contribution in [0.4, 0.5) is 0 Å². The highest BCUT2D eigenvalue weighted by Crippen LogP contribution is 2.26. The van der Waals surface area contributed by atoms with Crippen molar-refractivity contribution in [3.8, 4) is 0 Å². The standard InChI is InChI=1S/C12H19NOS/c1-9(6-12-4-3-5-14-12)13-11-7-10(2)15-8-11/h3-5,9-11,13H,6-8H2,1-2H3. The van der Waals surface area contributed by atoms with Gasteiger partial charge < -0.3 is 9.73 Å². The molecular weight excluding hydrogens is 206 g/mol. The van der Waals surface area contributed by atoms with Crippen molar-refractivity contribution in [2.45, 2.75) is 44.0 Å². The van der Waals surface area contributed by atoms with Crippen molar-refractivity contribution in [3.05, 3.63) is 24.2 Å². The quantitative estimate of drug-likeness (QED) is 0.853. The van der Waals surface area contributed by atoms with Gasteiger partial charge in [-0.2, -0.15) is 11.8 Å². The third kappa shape index (κ3) is 3.28. The summed E-state index contributed by atoms with van der Waals surface area (Å²) >= 11 is 2.07. The van der Waals surface area contributed by atoms with Crippen LogP contribution in [-0.2, 0) is 6.42 Å². The van der Waals surface area contributed by atoms with Crippen LogP contribution in [0.5, 0.6) is 0 Å². The topological polar surface area (TPSA) is 25.2 Å². The molecule has 1 aliphatic rings. The first kappa shape index (κ1) is 11.1. The second-order valence-electron chi connectivity index (χ2n) is 4.43. The molecule has 0 aromatic carbocycles. The van der Waals surface area contributed by atoms with Gasteiger partial charge in [0.25, 0.3) is 0 Å². The smallest absolute Gasteiger partial charge is 0.105 e. The van der Waals surface area contributed by atoms with Crippen molar-refractivity contribution in [3.63, 3.8) is 0 Å². The van der Waals surface area contributed by atoms with E-state index in [1.165, 1.54) is 12.2 Å². The van der Waals surface area contributed by atoms with Crippen molar-refractivity contribution in [2.24, 2.45) is 0 Å². The van der Waals surface area contributed by atoms with Gasteiger partial charge in [-0.05, 0) is 25.5 Å². The first-order valence-electron chi connectivity index (χ1n) is 5.64. The van der Waals surface area contributed by atoms with Gasteiger partial charge in [-0.1, -0.05) is 6.92 Å². The van der Waals surface area contributed by atoms with E-state index in [1.807, 2.05) is 12.1 Å². The molecule has 1 saturated heterocycles. The van der Waals surface area contributed by atoms with E-state index >= 15 is 0 Å². The molecule has 3 atom stereocenters. The fourth-order valence-corrected chi connectivity index (χ4v) is 3.29. The van der Waals surface area contributed by atoms with Crippen LogP contribution in [0.25, 0.3) is 0 Å². The van der Waals surface area contributed by atoms with Crippen molar-refractivity contribution < 1.29 is 4.42 Å². The van der Waals surface area contributed by atoms with Crippen LogP contribution < -0.4 is 5.32 Å². The highest BCUT2D eigenvalue weighted by molar-refractivity contribution is 8.00. The predicted molar refractivity (Wildman–Crippen MR) is 65.3 cm³/mol. The maximum Gasteiger partial charge on any atom is 0.105 e. The van der Waals surface area contributed by atoms with Crippen molar-refractivity contribution >= 4 is 11.8 Å². The van der Waals surface area contributed by atoms with Crippen molar-refractivity contribution in [1.82, 2.24) is 5.32 Å². The first-order chi connectivity index (χ1) is 7.24. The number of furan rings is 1. The van der Waals surface area contributed by atoms with Gasteiger partial charge in [-0.25, -0.2) is 0 Å². The Morgan fingerprint density at radius 2 is 2.53 bits per heavy atom. The Labute approximate surface area is 95.8 Å². The first-order valence-corrected chi connectivity index (χ1v) is 6.69. The van der Waals surface area contributed by atoms with E-state index in [0.29, 0.717) is 12.1 Å². The monoisotopic (exact) mass is 225 g/mol. The van der Waals surface area contributed by atoms with E-state index in [0.717, 1.165) is 17.4 Å². The fourth-order valence-electron chi connectivity index (χ4n) is 2.13. The molecule has 2 nitrogen and oxygen atoms in total. The molecule has 0 amide bonds. The average Bonchev–Trinajstić information content (AvgIpc) is 2.77. The van der Waals surface area contributed by atoms with E-state index < -0.39 is 0 Å². The summed E-state index contributed by atoms with van der Waals surface area (Å²) in [5.74, 6) is 2.33. The summed E-state index contributed by atoms with van der Waals surface area (Å²) in [6.45, 7) is 4.54. The van der Waals surface area contributed by atoms with E-state index in [2.05, 4.69) is 30.9 Å². The number of nitrogens with one attached hydrogen (secondary N) is 1. The van der Waals surface area contributed by atoms with Gasteiger partial charge in [0.05, 0.1) is 6.26 Å². The van der Waals surface area contributed by atoms with Gasteiger partial charge >= 0.3 is 0 Å². The van der Waals surface area contributed by atoms with Crippen LogP contribution in [0, 0.1) is 0 Å². The van der Waals surface area contributed by atoms with Gasteiger partial charge in [-0.3, -0.25) is 0 Å². The summed E-state index contributed by atoms with van der Waals surface area (Å²) in [5, 5.41) is 4.48. The number of thioether (sulfide) groups is 1. The van der Waals surface area contributed by atoms with Crippen LogP contribution in [0.3, 0.4) is 0 Å². The molecule has 0 bridgehead atoms. The molecular formula is C12H19NOS. The van der Waals surface area contributed by atoms with Gasteiger partial charge in [0, 0.05) is 29.5 Å². The van der Waals surface area contributed by atoms with Gasteiger partial charge in [0.2, 0.25) is 0 Å². The molecule has 1 aromatic heterocycles. The molecule has 2 heterocycles. The lowest BCUT2D eigenvalue weighted by Crippen LogP contribution is -2.37. The van der Waals surface area contributed by atoms with Gasteiger partial charge in [-0.15, -0.1) is 0 Å². The molecule has 2 rings (SSSR count). The van der Waals surface area contributed by atoms with Crippen LogP contribution in [0.15, 0.2) is 22.8 Å². The number of hydrogen-bond donors (Lipinski definition) is 1. The molecule has 1 N–H and O–H groups in total. The van der Waals surface area contributed by atoms with E-state index in [9.17, 15) is 0 Å². The molecule has 3 unspecified atom stereocenters. The van der Waals surface area contributed by atoms with Crippen molar-refractivity contribution in [1.29, 1.82) is 0 Å². The summed E-state index contributed by atoms with van der Waals surface area (Å²) in [4.78, 5) is 0. The van der Waals surface area contributed by atoms with E-state index in [4.69, 9.17) is 4.42 Å². The summed E-state index contributed by atoms with van der Waals surface area (Å²) < 4.78 is 5.34. The van der Waals surface area contributed by atoms with Crippen LogP contribution in [0.1, 0.15) is 26.0 Å². The molecule has 1 aliphatic heterocycles. The Morgan fingerprint density at radius 3 is 3.13 bits per heavy atom. The second-order valence-corrected chi connectivity index (χ2v) is 5.90. The molecule has 1 fully saturated rings. The highest BCUT2D eigenvalue weighted by atomic mass is 32.2. The zero-order valence-electron chi connectivity index (χ0n) is 9.40. The minimum absolute atomic E-state index is 0.507. The predicted octanol–water partition coefficient (Wildman–Crippen LogP) is 2.69. The fraction of sp³-hybridized carbons (Fsp3) is 0.667. The van der Waals surface area contributed by atoms with Crippen molar-refractivity contribution in [2.75, 3.05) is 5.75 Å². The maximum absolute atomic E-state index is 5.34. The van der Waals surface area contributed by atoms with E-state index in [-0.39, 0.29) is 0 Å². The Kier molecular flexibility index (Phi) is 3.76. The minimum atomic E-state index is 0.507. The van der Waals surface area contributed by atoms with Crippen LogP contribution in [-0.4, -0.2) is 23.1 Å². The Balaban J connectivity index is 1.75. The SMILES string of the molecule is CC(Cc1ccco1)NC1CSC(C)C1. The third-order valence-electron chi connectivity index (χ3n) is 2.81. The summed E-state index contributed by atoms with van der Waals surface area (Å²) in [5.41, 5.74) is 0. The largest absolute Gasteiger partial charge is 0.469 e.